The second kappa shape index (κ2) is 6.87. The number of hydrogen-bond acceptors (Lipinski definition) is 4. The fourth-order valence-electron chi connectivity index (χ4n) is 5.65. The Morgan fingerprint density at radius 1 is 1.17 bits per heavy atom. The van der Waals surface area contributed by atoms with Gasteiger partial charge in [-0.2, -0.15) is 0 Å². The molecule has 0 bridgehead atoms. The summed E-state index contributed by atoms with van der Waals surface area (Å²) in [6.07, 6.45) is 7.52. The van der Waals surface area contributed by atoms with E-state index in [2.05, 4.69) is 10.6 Å². The van der Waals surface area contributed by atoms with Crippen LogP contribution in [0.4, 0.5) is 5.69 Å². The molecule has 1 aliphatic carbocycles. The summed E-state index contributed by atoms with van der Waals surface area (Å²) in [4.78, 5) is 25.2. The maximum Gasteiger partial charge on any atom is 0.357 e. The first-order chi connectivity index (χ1) is 13.9. The van der Waals surface area contributed by atoms with Crippen molar-refractivity contribution in [2.75, 3.05) is 11.9 Å². The lowest BCUT2D eigenvalue weighted by Crippen LogP contribution is -2.42. The molecular formula is C23H29N3O3. The molecular weight excluding hydrogens is 366 g/mol. The molecule has 3 aliphatic rings. The third-order valence-corrected chi connectivity index (χ3v) is 6.97. The van der Waals surface area contributed by atoms with Crippen LogP contribution in [0.2, 0.25) is 0 Å². The molecule has 0 radical (unpaired) electrons. The van der Waals surface area contributed by atoms with E-state index in [-0.39, 0.29) is 17.9 Å². The van der Waals surface area contributed by atoms with E-state index in [9.17, 15) is 9.59 Å². The lowest BCUT2D eigenvalue weighted by atomic mass is 9.76. The number of anilines is 1. The number of carbonyl (C=O) groups excluding carboxylic acids is 2. The number of nitrogens with zero attached hydrogens (tertiary/aromatic N) is 1. The Labute approximate surface area is 171 Å². The van der Waals surface area contributed by atoms with Gasteiger partial charge in [-0.25, -0.2) is 4.79 Å². The van der Waals surface area contributed by atoms with Crippen LogP contribution in [0.25, 0.3) is 10.9 Å². The van der Waals surface area contributed by atoms with Crippen molar-refractivity contribution >= 4 is 28.5 Å². The predicted octanol–water partition coefficient (Wildman–Crippen LogP) is 4.00. The molecule has 2 aliphatic heterocycles. The summed E-state index contributed by atoms with van der Waals surface area (Å²) in [5, 5.41) is 7.48. The van der Waals surface area contributed by atoms with E-state index >= 15 is 0 Å². The summed E-state index contributed by atoms with van der Waals surface area (Å²) >= 11 is 0. The van der Waals surface area contributed by atoms with E-state index in [0.29, 0.717) is 17.5 Å². The zero-order valence-electron chi connectivity index (χ0n) is 17.2. The quantitative estimate of drug-likeness (QED) is 0.771. The van der Waals surface area contributed by atoms with Crippen LogP contribution >= 0.6 is 0 Å². The number of aromatic nitrogens is 1. The highest BCUT2D eigenvalue weighted by Crippen LogP contribution is 2.37. The first-order valence-electron chi connectivity index (χ1n) is 10.9. The summed E-state index contributed by atoms with van der Waals surface area (Å²) in [5.74, 6) is 0.860. The van der Waals surface area contributed by atoms with Gasteiger partial charge in [0.05, 0.1) is 11.6 Å². The van der Waals surface area contributed by atoms with Crippen molar-refractivity contribution in [1.82, 2.24) is 9.88 Å². The molecule has 1 saturated carbocycles. The average Bonchev–Trinajstić information content (AvgIpc) is 3.37. The highest BCUT2D eigenvalue weighted by molar-refractivity contribution is 6.01. The van der Waals surface area contributed by atoms with Crippen molar-refractivity contribution in [3.63, 3.8) is 0 Å². The normalized spacial score (nSPS) is 26.5. The van der Waals surface area contributed by atoms with E-state index in [4.69, 9.17) is 4.74 Å². The van der Waals surface area contributed by atoms with Crippen molar-refractivity contribution in [1.29, 1.82) is 0 Å². The van der Waals surface area contributed by atoms with Crippen molar-refractivity contribution in [3.05, 3.63) is 30.0 Å². The fraction of sp³-hybridized carbons (Fsp3) is 0.565. The lowest BCUT2D eigenvalue weighted by molar-refractivity contribution is -0.119. The zero-order chi connectivity index (χ0) is 20.2. The van der Waals surface area contributed by atoms with Crippen molar-refractivity contribution in [2.24, 2.45) is 11.8 Å². The summed E-state index contributed by atoms with van der Waals surface area (Å²) in [5.41, 5.74) is 1.57. The van der Waals surface area contributed by atoms with Crippen molar-refractivity contribution in [2.45, 2.75) is 64.1 Å². The maximum absolute atomic E-state index is 13.0. The summed E-state index contributed by atoms with van der Waals surface area (Å²) in [7, 11) is 0. The van der Waals surface area contributed by atoms with Crippen LogP contribution < -0.4 is 10.6 Å². The fourth-order valence-corrected chi connectivity index (χ4v) is 5.65. The van der Waals surface area contributed by atoms with Crippen LogP contribution in [0.1, 0.15) is 62.9 Å². The van der Waals surface area contributed by atoms with E-state index in [0.717, 1.165) is 29.6 Å². The van der Waals surface area contributed by atoms with Gasteiger partial charge in [0.15, 0.2) is 5.72 Å². The Bertz CT molecular complexity index is 971. The number of hydrogen-bond donors (Lipinski definition) is 2. The van der Waals surface area contributed by atoms with Gasteiger partial charge in [0.2, 0.25) is 5.91 Å². The minimum absolute atomic E-state index is 0.0592. The zero-order valence-corrected chi connectivity index (χ0v) is 17.2. The maximum atomic E-state index is 13.0. The number of esters is 1. The lowest BCUT2D eigenvalue weighted by Gasteiger charge is -2.30. The molecule has 3 heterocycles. The molecule has 6 heteroatoms. The molecule has 2 N–H and O–H groups in total. The second-order valence-electron chi connectivity index (χ2n) is 9.25. The number of rotatable bonds is 3. The number of fused-ring (bicyclic) bond motifs is 3. The largest absolute Gasteiger partial charge is 0.434 e. The third-order valence-electron chi connectivity index (χ3n) is 6.97. The number of ether oxygens (including phenoxy) is 1. The Hall–Kier alpha value is -2.34. The summed E-state index contributed by atoms with van der Waals surface area (Å²) in [6, 6.07) is 7.56. The third kappa shape index (κ3) is 3.14. The minimum atomic E-state index is -0.695. The van der Waals surface area contributed by atoms with E-state index in [1.165, 1.54) is 32.1 Å². The Balaban J connectivity index is 1.36. The number of carbonyl (C=O) groups is 2. The van der Waals surface area contributed by atoms with Gasteiger partial charge < -0.3 is 15.4 Å². The second-order valence-corrected chi connectivity index (χ2v) is 9.25. The van der Waals surface area contributed by atoms with Gasteiger partial charge in [-0.1, -0.05) is 32.1 Å². The molecule has 5 rings (SSSR count). The predicted molar refractivity (Wildman–Crippen MR) is 112 cm³/mol. The number of benzene rings is 1. The molecule has 1 saturated heterocycles. The van der Waals surface area contributed by atoms with Gasteiger partial charge in [-0.15, -0.1) is 0 Å². The van der Waals surface area contributed by atoms with E-state index in [1.54, 1.807) is 0 Å². The van der Waals surface area contributed by atoms with Crippen LogP contribution in [-0.4, -0.2) is 29.0 Å². The summed E-state index contributed by atoms with van der Waals surface area (Å²) in [6.45, 7) is 4.68. The number of cyclic esters (lactones) is 1. The topological polar surface area (TPSA) is 72.4 Å². The van der Waals surface area contributed by atoms with Crippen LogP contribution in [0.5, 0.6) is 0 Å². The number of amides is 1. The molecule has 2 atom stereocenters. The highest BCUT2D eigenvalue weighted by atomic mass is 16.6. The average molecular weight is 396 g/mol. The number of nitrogens with one attached hydrogen (secondary N) is 2. The van der Waals surface area contributed by atoms with Crippen molar-refractivity contribution in [3.8, 4) is 0 Å². The first kappa shape index (κ1) is 18.7. The molecule has 2 aromatic rings. The van der Waals surface area contributed by atoms with Gasteiger partial charge in [-0.3, -0.25) is 9.36 Å². The van der Waals surface area contributed by atoms with Gasteiger partial charge in [0.1, 0.15) is 5.69 Å². The SMILES string of the molecule is CC1(C)OC(=O)c2cc3cc(NC(=O)[C@H]4NCCC4C4CCCCC4)ccc3n21. The van der Waals surface area contributed by atoms with Gasteiger partial charge in [-0.05, 0) is 62.9 Å². The molecule has 1 aromatic heterocycles. The van der Waals surface area contributed by atoms with Gasteiger partial charge in [0, 0.05) is 11.1 Å². The molecule has 1 aromatic carbocycles. The molecule has 6 nitrogen and oxygen atoms in total. The van der Waals surface area contributed by atoms with Gasteiger partial charge in [0.25, 0.3) is 0 Å². The molecule has 29 heavy (non-hydrogen) atoms. The van der Waals surface area contributed by atoms with E-state index in [1.807, 2.05) is 42.7 Å². The van der Waals surface area contributed by atoms with Crippen LogP contribution in [0.15, 0.2) is 24.3 Å². The Morgan fingerprint density at radius 3 is 2.76 bits per heavy atom. The smallest absolute Gasteiger partial charge is 0.357 e. The first-order valence-corrected chi connectivity index (χ1v) is 10.9. The highest BCUT2D eigenvalue weighted by Gasteiger charge is 2.39. The Morgan fingerprint density at radius 2 is 1.97 bits per heavy atom. The molecule has 0 spiro atoms. The molecule has 1 amide bonds. The monoisotopic (exact) mass is 395 g/mol. The summed E-state index contributed by atoms with van der Waals surface area (Å²) < 4.78 is 7.37. The van der Waals surface area contributed by atoms with Crippen LogP contribution in [0, 0.1) is 11.8 Å². The van der Waals surface area contributed by atoms with Gasteiger partial charge >= 0.3 is 5.97 Å². The molecule has 154 valence electrons. The van der Waals surface area contributed by atoms with E-state index < -0.39 is 5.72 Å². The molecule has 2 fully saturated rings. The van der Waals surface area contributed by atoms with Crippen LogP contribution in [0.3, 0.4) is 0 Å². The standard InChI is InChI=1S/C23H29N3O3/c1-23(2)26-18-9-8-16(12-15(18)13-19(26)22(28)29-23)25-21(27)20-17(10-11-24-20)14-6-4-3-5-7-14/h8-9,12-14,17,20,24H,3-7,10-11H2,1-2H3,(H,25,27)/t17?,20-/m0/s1. The van der Waals surface area contributed by atoms with Crippen LogP contribution in [-0.2, 0) is 15.3 Å². The van der Waals surface area contributed by atoms with Crippen molar-refractivity contribution < 1.29 is 14.3 Å². The Kier molecular flexibility index (Phi) is 4.42. The molecule has 1 unspecified atom stereocenters. The minimum Gasteiger partial charge on any atom is -0.434 e.